The van der Waals surface area contributed by atoms with Crippen LogP contribution in [0.15, 0.2) is 34.8 Å². The fraction of sp³-hybridized carbons (Fsp3) is 0.143. The van der Waals surface area contributed by atoms with Gasteiger partial charge in [0.25, 0.3) is 0 Å². The molecule has 0 atom stereocenters. The monoisotopic (exact) mass is 329 g/mol. The van der Waals surface area contributed by atoms with Crippen LogP contribution in [0.1, 0.15) is 11.1 Å². The van der Waals surface area contributed by atoms with Crippen molar-refractivity contribution in [3.63, 3.8) is 0 Å². The lowest BCUT2D eigenvalue weighted by atomic mass is 10.1. The Bertz CT molecular complexity index is 591. The van der Waals surface area contributed by atoms with E-state index in [1.807, 2.05) is 0 Å². The largest absolute Gasteiger partial charge is 0.378 e. The highest BCUT2D eigenvalue weighted by Crippen LogP contribution is 2.27. The van der Waals surface area contributed by atoms with Crippen molar-refractivity contribution < 1.29 is 13.2 Å². The van der Waals surface area contributed by atoms with Gasteiger partial charge >= 0.3 is 0 Å². The van der Waals surface area contributed by atoms with E-state index in [-0.39, 0.29) is 11.5 Å². The Labute approximate surface area is 117 Å². The average Bonchev–Trinajstić information content (AvgIpc) is 2.32. The van der Waals surface area contributed by atoms with Gasteiger partial charge in [0, 0.05) is 17.1 Å². The van der Waals surface area contributed by atoms with Gasteiger partial charge in [0.05, 0.1) is 5.69 Å². The van der Waals surface area contributed by atoms with Gasteiger partial charge in [-0.2, -0.15) is 0 Å². The van der Waals surface area contributed by atoms with Crippen molar-refractivity contribution in [2.24, 2.45) is 0 Å². The lowest BCUT2D eigenvalue weighted by Crippen LogP contribution is -2.03. The van der Waals surface area contributed by atoms with E-state index < -0.39 is 11.6 Å². The lowest BCUT2D eigenvalue weighted by Gasteiger charge is -2.10. The summed E-state index contributed by atoms with van der Waals surface area (Å²) in [5.41, 5.74) is 1.52. The van der Waals surface area contributed by atoms with Gasteiger partial charge in [-0.1, -0.05) is 12.1 Å². The van der Waals surface area contributed by atoms with Gasteiger partial charge in [0.15, 0.2) is 0 Å². The maximum atomic E-state index is 13.6. The van der Waals surface area contributed by atoms with Crippen molar-refractivity contribution in [2.45, 2.75) is 13.5 Å². The van der Waals surface area contributed by atoms with Gasteiger partial charge in [-0.05, 0) is 46.1 Å². The van der Waals surface area contributed by atoms with Gasteiger partial charge in [0.1, 0.15) is 17.5 Å². The predicted molar refractivity (Wildman–Crippen MR) is 72.5 cm³/mol. The summed E-state index contributed by atoms with van der Waals surface area (Å²) in [6.45, 7) is 1.98. The van der Waals surface area contributed by atoms with Crippen molar-refractivity contribution in [3.8, 4) is 0 Å². The molecule has 2 aromatic carbocycles. The number of aryl methyl sites for hydroxylation is 1. The first kappa shape index (κ1) is 13.9. The molecule has 0 saturated carbocycles. The summed E-state index contributed by atoms with van der Waals surface area (Å²) in [6, 6.07) is 6.65. The van der Waals surface area contributed by atoms with Gasteiger partial charge in [-0.25, -0.2) is 13.2 Å². The second-order valence-electron chi connectivity index (χ2n) is 4.18. The Morgan fingerprint density at radius 3 is 2.42 bits per heavy atom. The van der Waals surface area contributed by atoms with Crippen LogP contribution in [-0.4, -0.2) is 0 Å². The van der Waals surface area contributed by atoms with Crippen LogP contribution in [0, 0.1) is 24.4 Å². The molecule has 0 aromatic heterocycles. The minimum absolute atomic E-state index is 0.184. The summed E-state index contributed by atoms with van der Waals surface area (Å²) < 4.78 is 39.9. The summed E-state index contributed by atoms with van der Waals surface area (Å²) >= 11 is 3.10. The summed E-state index contributed by atoms with van der Waals surface area (Å²) in [5.74, 6) is -1.60. The quantitative estimate of drug-likeness (QED) is 0.853. The fourth-order valence-electron chi connectivity index (χ4n) is 1.72. The molecule has 2 aromatic rings. The third-order valence-corrected chi connectivity index (χ3v) is 3.32. The molecule has 2 rings (SSSR count). The smallest absolute Gasteiger partial charge is 0.150 e. The maximum absolute atomic E-state index is 13.6. The first-order chi connectivity index (χ1) is 8.97. The molecule has 0 aliphatic rings. The van der Waals surface area contributed by atoms with Crippen LogP contribution in [-0.2, 0) is 6.54 Å². The molecule has 0 heterocycles. The van der Waals surface area contributed by atoms with Gasteiger partial charge in [-0.3, -0.25) is 0 Å². The Morgan fingerprint density at radius 2 is 1.79 bits per heavy atom. The van der Waals surface area contributed by atoms with Crippen molar-refractivity contribution >= 4 is 21.6 Å². The molecule has 0 amide bonds. The molecule has 1 nitrogen and oxygen atoms in total. The van der Waals surface area contributed by atoms with Crippen LogP contribution >= 0.6 is 15.9 Å². The molecule has 5 heteroatoms. The minimum Gasteiger partial charge on any atom is -0.378 e. The fourth-order valence-corrected chi connectivity index (χ4v) is 2.27. The third kappa shape index (κ3) is 3.29. The predicted octanol–water partition coefficient (Wildman–Crippen LogP) is 4.79. The molecule has 19 heavy (non-hydrogen) atoms. The normalized spacial score (nSPS) is 10.6. The summed E-state index contributed by atoms with van der Waals surface area (Å²) in [4.78, 5) is 0. The van der Waals surface area contributed by atoms with Gasteiger partial charge in [0.2, 0.25) is 0 Å². The Hall–Kier alpha value is -1.49. The molecule has 100 valence electrons. The number of hydrogen-bond acceptors (Lipinski definition) is 1. The first-order valence-corrected chi connectivity index (χ1v) is 6.40. The molecule has 0 aliphatic heterocycles. The van der Waals surface area contributed by atoms with E-state index in [4.69, 9.17) is 0 Å². The van der Waals surface area contributed by atoms with Crippen molar-refractivity contribution in [3.05, 3.63) is 63.4 Å². The van der Waals surface area contributed by atoms with Crippen molar-refractivity contribution in [1.82, 2.24) is 0 Å². The Balaban J connectivity index is 2.16. The van der Waals surface area contributed by atoms with E-state index in [0.29, 0.717) is 16.6 Å². The first-order valence-electron chi connectivity index (χ1n) is 5.61. The summed E-state index contributed by atoms with van der Waals surface area (Å²) in [6.07, 6.45) is 0. The standard InChI is InChI=1S/C14H11BrF3N/c1-8-4-9(2-3-12(8)17)7-19-14-11(15)5-10(16)6-13(14)18/h2-6,19H,7H2,1H3. The zero-order valence-corrected chi connectivity index (χ0v) is 11.7. The molecule has 0 aliphatic carbocycles. The second-order valence-corrected chi connectivity index (χ2v) is 5.04. The highest BCUT2D eigenvalue weighted by molar-refractivity contribution is 9.10. The van der Waals surface area contributed by atoms with E-state index in [9.17, 15) is 13.2 Å². The molecule has 0 spiro atoms. The van der Waals surface area contributed by atoms with Crippen LogP contribution in [0.4, 0.5) is 18.9 Å². The Kier molecular flexibility index (Phi) is 4.14. The van der Waals surface area contributed by atoms with Gasteiger partial charge in [-0.15, -0.1) is 0 Å². The van der Waals surface area contributed by atoms with E-state index >= 15 is 0 Å². The topological polar surface area (TPSA) is 12.0 Å². The highest BCUT2D eigenvalue weighted by atomic mass is 79.9. The molecule has 0 unspecified atom stereocenters. The number of halogens is 4. The molecule has 0 fully saturated rings. The van der Waals surface area contributed by atoms with Crippen LogP contribution in [0.5, 0.6) is 0 Å². The molecular formula is C14H11BrF3N. The highest BCUT2D eigenvalue weighted by Gasteiger charge is 2.09. The molecule has 1 N–H and O–H groups in total. The average molecular weight is 330 g/mol. The maximum Gasteiger partial charge on any atom is 0.150 e. The molecular weight excluding hydrogens is 319 g/mol. The second kappa shape index (κ2) is 5.65. The van der Waals surface area contributed by atoms with Crippen LogP contribution < -0.4 is 5.32 Å². The van der Waals surface area contributed by atoms with Crippen molar-refractivity contribution in [1.29, 1.82) is 0 Å². The van der Waals surface area contributed by atoms with Gasteiger partial charge < -0.3 is 5.32 Å². The number of anilines is 1. The van der Waals surface area contributed by atoms with Crippen molar-refractivity contribution in [2.75, 3.05) is 5.32 Å². The van der Waals surface area contributed by atoms with E-state index in [1.54, 1.807) is 19.1 Å². The minimum atomic E-state index is -0.675. The summed E-state index contributed by atoms with van der Waals surface area (Å²) in [7, 11) is 0. The zero-order chi connectivity index (χ0) is 14.0. The SMILES string of the molecule is Cc1cc(CNc2c(F)cc(F)cc2Br)ccc1F. The molecule has 0 saturated heterocycles. The van der Waals surface area contributed by atoms with E-state index in [2.05, 4.69) is 21.2 Å². The number of rotatable bonds is 3. The Morgan fingerprint density at radius 1 is 1.05 bits per heavy atom. The molecule has 0 bridgehead atoms. The number of benzene rings is 2. The zero-order valence-electron chi connectivity index (χ0n) is 10.1. The van der Waals surface area contributed by atoms with Crippen LogP contribution in [0.3, 0.4) is 0 Å². The third-order valence-electron chi connectivity index (χ3n) is 2.70. The van der Waals surface area contributed by atoms with Crippen LogP contribution in [0.25, 0.3) is 0 Å². The number of hydrogen-bond donors (Lipinski definition) is 1. The number of nitrogens with one attached hydrogen (secondary N) is 1. The lowest BCUT2D eigenvalue weighted by molar-refractivity contribution is 0.583. The molecule has 0 radical (unpaired) electrons. The van der Waals surface area contributed by atoms with E-state index in [1.165, 1.54) is 12.1 Å². The van der Waals surface area contributed by atoms with E-state index in [0.717, 1.165) is 11.6 Å². The summed E-state index contributed by atoms with van der Waals surface area (Å²) in [5, 5.41) is 2.86. The van der Waals surface area contributed by atoms with Crippen LogP contribution in [0.2, 0.25) is 0 Å².